The van der Waals surface area contributed by atoms with Gasteiger partial charge in [-0.15, -0.1) is 0 Å². The van der Waals surface area contributed by atoms with Gasteiger partial charge in [-0.1, -0.05) is 60.7 Å². The summed E-state index contributed by atoms with van der Waals surface area (Å²) in [4.78, 5) is 17.9. The Balaban J connectivity index is 1.74. The highest BCUT2D eigenvalue weighted by Crippen LogP contribution is 2.25. The topological polar surface area (TPSA) is 55.6 Å². The number of aromatic nitrogens is 2. The molecule has 29 heavy (non-hydrogen) atoms. The zero-order chi connectivity index (χ0) is 20.2. The quantitative estimate of drug-likeness (QED) is 0.529. The largest absolute Gasteiger partial charge is 0.490 e. The minimum atomic E-state index is -0.259. The molecule has 0 radical (unpaired) electrons. The highest BCUT2D eigenvalue weighted by Gasteiger charge is 2.23. The molecule has 0 fully saturated rings. The summed E-state index contributed by atoms with van der Waals surface area (Å²) in [7, 11) is 0. The zero-order valence-corrected chi connectivity index (χ0v) is 16.5. The number of rotatable bonds is 6. The number of ether oxygens (including phenoxy) is 1. The first-order valence-electron chi connectivity index (χ1n) is 9.70. The van der Waals surface area contributed by atoms with E-state index in [1.54, 1.807) is 4.40 Å². The number of pyridine rings is 1. The molecule has 0 saturated heterocycles. The van der Waals surface area contributed by atoms with E-state index in [1.807, 2.05) is 92.8 Å². The number of fused-ring (bicyclic) bond motifs is 1. The molecule has 2 aromatic heterocycles. The van der Waals surface area contributed by atoms with E-state index in [9.17, 15) is 4.79 Å². The second-order valence-corrected chi connectivity index (χ2v) is 6.77. The molecule has 4 aromatic rings. The van der Waals surface area contributed by atoms with E-state index in [-0.39, 0.29) is 11.9 Å². The Hall–Kier alpha value is -3.60. The van der Waals surface area contributed by atoms with Crippen molar-refractivity contribution in [2.75, 3.05) is 6.61 Å². The summed E-state index contributed by atoms with van der Waals surface area (Å²) in [6.07, 6.45) is 1.84. The second kappa shape index (κ2) is 8.19. The number of amides is 1. The molecule has 5 nitrogen and oxygen atoms in total. The summed E-state index contributed by atoms with van der Waals surface area (Å²) >= 11 is 0. The normalized spacial score (nSPS) is 11.0. The molecule has 0 saturated carbocycles. The van der Waals surface area contributed by atoms with E-state index >= 15 is 0 Å². The van der Waals surface area contributed by atoms with Gasteiger partial charge in [-0.05, 0) is 37.1 Å². The van der Waals surface area contributed by atoms with Gasteiger partial charge >= 0.3 is 0 Å². The van der Waals surface area contributed by atoms with Crippen LogP contribution in [0.25, 0.3) is 5.65 Å². The van der Waals surface area contributed by atoms with Crippen LogP contribution in [0.4, 0.5) is 0 Å². The van der Waals surface area contributed by atoms with Crippen LogP contribution in [0.5, 0.6) is 5.75 Å². The van der Waals surface area contributed by atoms with Gasteiger partial charge in [-0.2, -0.15) is 0 Å². The lowest BCUT2D eigenvalue weighted by Crippen LogP contribution is -2.30. The Morgan fingerprint density at radius 2 is 1.62 bits per heavy atom. The lowest BCUT2D eigenvalue weighted by molar-refractivity contribution is 0.0936. The lowest BCUT2D eigenvalue weighted by Gasteiger charge is -2.20. The van der Waals surface area contributed by atoms with Crippen LogP contribution < -0.4 is 10.1 Å². The van der Waals surface area contributed by atoms with Crippen molar-refractivity contribution in [3.8, 4) is 5.75 Å². The van der Waals surface area contributed by atoms with Gasteiger partial charge in [0.15, 0.2) is 11.4 Å². The Kier molecular flexibility index (Phi) is 5.29. The maximum atomic E-state index is 13.4. The lowest BCUT2D eigenvalue weighted by atomic mass is 9.98. The van der Waals surface area contributed by atoms with Crippen molar-refractivity contribution in [2.24, 2.45) is 0 Å². The predicted octanol–water partition coefficient (Wildman–Crippen LogP) is 4.56. The van der Waals surface area contributed by atoms with Crippen molar-refractivity contribution in [3.05, 3.63) is 102 Å². The molecule has 0 bridgehead atoms. The molecule has 0 aliphatic rings. The minimum Gasteiger partial charge on any atom is -0.490 e. The summed E-state index contributed by atoms with van der Waals surface area (Å²) in [5.41, 5.74) is 3.86. The molecule has 0 spiro atoms. The fraction of sp³-hybridized carbons (Fsp3) is 0.167. The van der Waals surface area contributed by atoms with E-state index < -0.39 is 0 Å². The van der Waals surface area contributed by atoms with Crippen LogP contribution in [0.15, 0.2) is 79.0 Å². The van der Waals surface area contributed by atoms with Crippen LogP contribution in [-0.4, -0.2) is 21.9 Å². The summed E-state index contributed by atoms with van der Waals surface area (Å²) in [6.45, 7) is 4.31. The second-order valence-electron chi connectivity index (χ2n) is 6.77. The van der Waals surface area contributed by atoms with Crippen molar-refractivity contribution in [2.45, 2.75) is 19.9 Å². The van der Waals surface area contributed by atoms with Crippen molar-refractivity contribution in [1.29, 1.82) is 0 Å². The highest BCUT2D eigenvalue weighted by molar-refractivity contribution is 5.95. The van der Waals surface area contributed by atoms with Crippen LogP contribution in [-0.2, 0) is 0 Å². The van der Waals surface area contributed by atoms with E-state index in [0.717, 1.165) is 11.1 Å². The van der Waals surface area contributed by atoms with E-state index in [4.69, 9.17) is 4.74 Å². The number of carbonyl (C=O) groups is 1. The van der Waals surface area contributed by atoms with Crippen molar-refractivity contribution in [1.82, 2.24) is 14.7 Å². The molecule has 0 unspecified atom stereocenters. The zero-order valence-electron chi connectivity index (χ0n) is 16.5. The van der Waals surface area contributed by atoms with Crippen LogP contribution in [0.2, 0.25) is 0 Å². The molecule has 2 heterocycles. The highest BCUT2D eigenvalue weighted by atomic mass is 16.5. The molecule has 2 aromatic carbocycles. The fourth-order valence-electron chi connectivity index (χ4n) is 3.55. The number of carbonyl (C=O) groups excluding carboxylic acids is 1. The standard InChI is InChI=1S/C24H23N3O2/c1-3-29-20-15-10-16-27-22(17(2)25-23(20)27)24(28)26-21(18-11-6-4-7-12-18)19-13-8-5-9-14-19/h4-16,21H,3H2,1-2H3,(H,26,28). The van der Waals surface area contributed by atoms with Gasteiger partial charge in [0.25, 0.3) is 5.91 Å². The smallest absolute Gasteiger partial charge is 0.270 e. The molecular formula is C24H23N3O2. The van der Waals surface area contributed by atoms with E-state index in [1.165, 1.54) is 0 Å². The summed E-state index contributed by atoms with van der Waals surface area (Å²) in [6, 6.07) is 23.4. The van der Waals surface area contributed by atoms with Crippen molar-refractivity contribution < 1.29 is 9.53 Å². The Bertz CT molecular complexity index is 1080. The van der Waals surface area contributed by atoms with Crippen LogP contribution in [0, 0.1) is 6.92 Å². The van der Waals surface area contributed by atoms with Gasteiger partial charge in [-0.3, -0.25) is 9.20 Å². The van der Waals surface area contributed by atoms with Crippen molar-refractivity contribution in [3.63, 3.8) is 0 Å². The number of aryl methyl sites for hydroxylation is 1. The summed E-state index contributed by atoms with van der Waals surface area (Å²) < 4.78 is 7.47. The number of hydrogen-bond acceptors (Lipinski definition) is 3. The first kappa shape index (κ1) is 18.7. The molecule has 0 aliphatic carbocycles. The molecule has 0 aliphatic heterocycles. The Morgan fingerprint density at radius 1 is 1.00 bits per heavy atom. The average molecular weight is 385 g/mol. The molecule has 5 heteroatoms. The van der Waals surface area contributed by atoms with Crippen molar-refractivity contribution >= 4 is 11.6 Å². The minimum absolute atomic E-state index is 0.179. The van der Waals surface area contributed by atoms with Gasteiger partial charge in [0.2, 0.25) is 0 Å². The molecule has 0 atom stereocenters. The number of benzene rings is 2. The SMILES string of the molecule is CCOc1cccn2c(C(=O)NC(c3ccccc3)c3ccccc3)c(C)nc12. The number of nitrogens with zero attached hydrogens (tertiary/aromatic N) is 2. The van der Waals surface area contributed by atoms with E-state index in [2.05, 4.69) is 10.3 Å². The number of imidazole rings is 1. The predicted molar refractivity (Wildman–Crippen MR) is 113 cm³/mol. The fourth-order valence-corrected chi connectivity index (χ4v) is 3.55. The van der Waals surface area contributed by atoms with Gasteiger partial charge < -0.3 is 10.1 Å². The van der Waals surface area contributed by atoms with Gasteiger partial charge in [0.1, 0.15) is 5.69 Å². The summed E-state index contributed by atoms with van der Waals surface area (Å²) in [5, 5.41) is 3.20. The monoisotopic (exact) mass is 385 g/mol. The van der Waals surface area contributed by atoms with E-state index in [0.29, 0.717) is 29.4 Å². The molecule has 1 N–H and O–H groups in total. The van der Waals surface area contributed by atoms with Crippen LogP contribution in [0.3, 0.4) is 0 Å². The first-order chi connectivity index (χ1) is 14.2. The molecular weight excluding hydrogens is 362 g/mol. The maximum Gasteiger partial charge on any atom is 0.270 e. The Labute approximate surface area is 170 Å². The summed E-state index contributed by atoms with van der Waals surface area (Å²) in [5.74, 6) is 0.487. The van der Waals surface area contributed by atoms with Crippen LogP contribution >= 0.6 is 0 Å². The average Bonchev–Trinajstić information content (AvgIpc) is 3.10. The van der Waals surface area contributed by atoms with Crippen LogP contribution in [0.1, 0.15) is 40.3 Å². The first-order valence-corrected chi connectivity index (χ1v) is 9.70. The molecule has 4 rings (SSSR count). The maximum absolute atomic E-state index is 13.4. The van der Waals surface area contributed by atoms with Gasteiger partial charge in [0.05, 0.1) is 18.3 Å². The third-order valence-corrected chi connectivity index (χ3v) is 4.84. The number of hydrogen-bond donors (Lipinski definition) is 1. The Morgan fingerprint density at radius 3 is 2.21 bits per heavy atom. The molecule has 146 valence electrons. The number of nitrogens with one attached hydrogen (secondary N) is 1. The molecule has 1 amide bonds. The third-order valence-electron chi connectivity index (χ3n) is 4.84. The van der Waals surface area contributed by atoms with Gasteiger partial charge in [0, 0.05) is 6.20 Å². The van der Waals surface area contributed by atoms with Gasteiger partial charge in [-0.25, -0.2) is 4.98 Å². The third kappa shape index (κ3) is 3.72.